The smallest absolute Gasteiger partial charge is 0.270 e. The van der Waals surface area contributed by atoms with Gasteiger partial charge in [-0.25, -0.2) is 4.98 Å². The van der Waals surface area contributed by atoms with E-state index in [4.69, 9.17) is 9.47 Å². The summed E-state index contributed by atoms with van der Waals surface area (Å²) in [5, 5.41) is 19.8. The van der Waals surface area contributed by atoms with Gasteiger partial charge in [-0.3, -0.25) is 9.69 Å². The number of carbonyl (C=O) groups excluding carboxylic acids is 1. The molecule has 0 radical (unpaired) electrons. The molecule has 3 aliphatic rings. The molecule has 2 aromatic rings. The van der Waals surface area contributed by atoms with E-state index in [1.807, 2.05) is 6.07 Å². The number of ether oxygens (including phenoxy) is 2. The van der Waals surface area contributed by atoms with Crippen LogP contribution in [0.5, 0.6) is 0 Å². The molecule has 0 saturated carbocycles. The second-order valence-corrected chi connectivity index (χ2v) is 8.84. The molecule has 0 unspecified atom stereocenters. The minimum atomic E-state index is -0.671. The number of nitrogens with zero attached hydrogens (tertiary/aromatic N) is 3. The van der Waals surface area contributed by atoms with E-state index in [0.29, 0.717) is 44.7 Å². The maximum Gasteiger partial charge on any atom is 0.270 e. The standard InChI is InChI=1S/C23H30N6O4/c30-19(10-29-6-5-15-3-1-2-4-16(15)9-29)8-24-22(31)20-7-21(25-17-11-32-12-17)28-23(27-20)26-18-13-33-14-18/h1-4,7,17-19,30H,5-6,8-14H2,(H,24,31)(H2,25,26,27,28)/t19-/m0/s1. The van der Waals surface area contributed by atoms with Gasteiger partial charge in [0, 0.05) is 32.2 Å². The van der Waals surface area contributed by atoms with Crippen LogP contribution in [0, 0.1) is 0 Å². The molecule has 1 aromatic carbocycles. The number of β-amino-alcohol motifs (C(OH)–C–C–N with tert-alkyl or cyclic N) is 1. The van der Waals surface area contributed by atoms with Crippen molar-refractivity contribution >= 4 is 17.7 Å². The molecule has 2 saturated heterocycles. The first-order valence-corrected chi connectivity index (χ1v) is 11.5. The number of fused-ring (bicyclic) bond motifs is 1. The first kappa shape index (κ1) is 22.0. The average Bonchev–Trinajstić information content (AvgIpc) is 2.77. The van der Waals surface area contributed by atoms with Crippen molar-refractivity contribution in [3.63, 3.8) is 0 Å². The van der Waals surface area contributed by atoms with Gasteiger partial charge in [0.05, 0.1) is 44.6 Å². The van der Waals surface area contributed by atoms with E-state index in [1.165, 1.54) is 11.1 Å². The summed E-state index contributed by atoms with van der Waals surface area (Å²) in [4.78, 5) is 23.9. The first-order valence-electron chi connectivity index (χ1n) is 11.5. The van der Waals surface area contributed by atoms with Gasteiger partial charge >= 0.3 is 0 Å². The molecular weight excluding hydrogens is 424 g/mol. The van der Waals surface area contributed by atoms with Crippen LogP contribution in [0.25, 0.3) is 0 Å². The average molecular weight is 455 g/mol. The Morgan fingerprint density at radius 3 is 2.55 bits per heavy atom. The van der Waals surface area contributed by atoms with Gasteiger partial charge in [-0.05, 0) is 17.5 Å². The minimum absolute atomic E-state index is 0.139. The number of hydrogen-bond acceptors (Lipinski definition) is 9. The van der Waals surface area contributed by atoms with Crippen molar-refractivity contribution in [2.24, 2.45) is 0 Å². The Hall–Kier alpha value is -2.79. The van der Waals surface area contributed by atoms with Gasteiger partial charge in [-0.15, -0.1) is 0 Å². The van der Waals surface area contributed by atoms with Crippen molar-refractivity contribution in [2.45, 2.75) is 31.2 Å². The Morgan fingerprint density at radius 1 is 1.09 bits per heavy atom. The van der Waals surface area contributed by atoms with Crippen LogP contribution in [-0.4, -0.2) is 90.1 Å². The minimum Gasteiger partial charge on any atom is -0.390 e. The van der Waals surface area contributed by atoms with Crippen molar-refractivity contribution < 1.29 is 19.4 Å². The molecule has 0 aliphatic carbocycles. The second kappa shape index (κ2) is 10.0. The van der Waals surface area contributed by atoms with E-state index in [9.17, 15) is 9.90 Å². The van der Waals surface area contributed by atoms with Crippen molar-refractivity contribution in [3.8, 4) is 0 Å². The quantitative estimate of drug-likeness (QED) is 0.422. The zero-order valence-corrected chi connectivity index (χ0v) is 18.5. The lowest BCUT2D eigenvalue weighted by Gasteiger charge is -2.30. The molecule has 10 heteroatoms. The third-order valence-electron chi connectivity index (χ3n) is 6.10. The lowest BCUT2D eigenvalue weighted by molar-refractivity contribution is 0.0204. The Balaban J connectivity index is 1.17. The fraction of sp³-hybridized carbons (Fsp3) is 0.522. The monoisotopic (exact) mass is 454 g/mol. The van der Waals surface area contributed by atoms with Crippen LogP contribution in [0.4, 0.5) is 11.8 Å². The maximum absolute atomic E-state index is 12.8. The van der Waals surface area contributed by atoms with Gasteiger partial charge in [0.25, 0.3) is 5.91 Å². The van der Waals surface area contributed by atoms with Crippen LogP contribution >= 0.6 is 0 Å². The normalized spacial score (nSPS) is 19.7. The molecule has 1 aromatic heterocycles. The third kappa shape index (κ3) is 5.59. The molecule has 10 nitrogen and oxygen atoms in total. The van der Waals surface area contributed by atoms with E-state index in [2.05, 4.69) is 49.0 Å². The van der Waals surface area contributed by atoms with Crippen molar-refractivity contribution in [1.82, 2.24) is 20.2 Å². The summed E-state index contributed by atoms with van der Waals surface area (Å²) < 4.78 is 10.4. The molecule has 5 rings (SSSR count). The molecule has 33 heavy (non-hydrogen) atoms. The molecule has 1 atom stereocenters. The summed E-state index contributed by atoms with van der Waals surface area (Å²) in [5.74, 6) is 0.603. The van der Waals surface area contributed by atoms with Crippen LogP contribution < -0.4 is 16.0 Å². The zero-order chi connectivity index (χ0) is 22.6. The Kier molecular flexibility index (Phi) is 6.68. The highest BCUT2D eigenvalue weighted by molar-refractivity contribution is 5.93. The summed E-state index contributed by atoms with van der Waals surface area (Å²) in [6, 6.07) is 10.3. The largest absolute Gasteiger partial charge is 0.390 e. The molecule has 0 spiro atoms. The van der Waals surface area contributed by atoms with Gasteiger partial charge in [0.1, 0.15) is 11.5 Å². The number of anilines is 2. The molecule has 2 fully saturated rings. The molecule has 4 N–H and O–H groups in total. The number of rotatable bonds is 9. The number of benzene rings is 1. The van der Waals surface area contributed by atoms with E-state index in [1.54, 1.807) is 6.07 Å². The highest BCUT2D eigenvalue weighted by atomic mass is 16.5. The number of aromatic nitrogens is 2. The molecule has 4 heterocycles. The van der Waals surface area contributed by atoms with Crippen LogP contribution in [-0.2, 0) is 22.4 Å². The van der Waals surface area contributed by atoms with Crippen LogP contribution in [0.2, 0.25) is 0 Å². The lowest BCUT2D eigenvalue weighted by Crippen LogP contribution is -2.43. The number of aliphatic hydroxyl groups is 1. The van der Waals surface area contributed by atoms with Crippen LogP contribution in [0.15, 0.2) is 30.3 Å². The van der Waals surface area contributed by atoms with Crippen molar-refractivity contribution in [1.29, 1.82) is 0 Å². The summed E-state index contributed by atoms with van der Waals surface area (Å²) >= 11 is 0. The van der Waals surface area contributed by atoms with Crippen molar-refractivity contribution in [2.75, 3.05) is 56.7 Å². The topological polar surface area (TPSA) is 121 Å². The number of amides is 1. The number of carbonyl (C=O) groups is 1. The molecular formula is C23H30N6O4. The summed E-state index contributed by atoms with van der Waals surface area (Å²) in [5.41, 5.74) is 2.92. The Morgan fingerprint density at radius 2 is 1.82 bits per heavy atom. The predicted octanol–water partition coefficient (Wildman–Crippen LogP) is 0.247. The summed E-state index contributed by atoms with van der Waals surface area (Å²) in [6.07, 6.45) is 0.301. The van der Waals surface area contributed by atoms with E-state index >= 15 is 0 Å². The SMILES string of the molecule is O=C(NC[C@H](O)CN1CCc2ccccc2C1)c1cc(NC2COC2)nc(NC2COC2)n1. The molecule has 3 aliphatic heterocycles. The maximum atomic E-state index is 12.8. The fourth-order valence-electron chi connectivity index (χ4n) is 4.11. The van der Waals surface area contributed by atoms with Gasteiger partial charge in [-0.1, -0.05) is 24.3 Å². The highest BCUT2D eigenvalue weighted by Gasteiger charge is 2.24. The van der Waals surface area contributed by atoms with Crippen LogP contribution in [0.3, 0.4) is 0 Å². The first-order chi connectivity index (χ1) is 16.1. The number of aliphatic hydroxyl groups excluding tert-OH is 1. The van der Waals surface area contributed by atoms with Crippen LogP contribution in [0.1, 0.15) is 21.6 Å². The fourth-order valence-corrected chi connectivity index (χ4v) is 4.11. The molecule has 176 valence electrons. The number of hydrogen-bond donors (Lipinski definition) is 4. The van der Waals surface area contributed by atoms with E-state index < -0.39 is 6.10 Å². The third-order valence-corrected chi connectivity index (χ3v) is 6.10. The Bertz CT molecular complexity index is 947. The predicted molar refractivity (Wildman–Crippen MR) is 122 cm³/mol. The zero-order valence-electron chi connectivity index (χ0n) is 18.5. The lowest BCUT2D eigenvalue weighted by atomic mass is 10.00. The van der Waals surface area contributed by atoms with Gasteiger partial charge in [0.15, 0.2) is 0 Å². The summed E-state index contributed by atoms with van der Waals surface area (Å²) in [7, 11) is 0. The van der Waals surface area contributed by atoms with E-state index in [0.717, 1.165) is 19.5 Å². The van der Waals surface area contributed by atoms with Crippen molar-refractivity contribution in [3.05, 3.63) is 47.2 Å². The number of nitrogens with one attached hydrogen (secondary N) is 3. The van der Waals surface area contributed by atoms with Gasteiger partial charge < -0.3 is 30.5 Å². The van der Waals surface area contributed by atoms with E-state index in [-0.39, 0.29) is 30.2 Å². The highest BCUT2D eigenvalue weighted by Crippen LogP contribution is 2.19. The second-order valence-electron chi connectivity index (χ2n) is 8.84. The molecule has 1 amide bonds. The van der Waals surface area contributed by atoms with Gasteiger partial charge in [0.2, 0.25) is 5.95 Å². The Labute approximate surface area is 192 Å². The molecule has 0 bridgehead atoms. The summed E-state index contributed by atoms with van der Waals surface area (Å²) in [6.45, 7) is 4.76. The van der Waals surface area contributed by atoms with Gasteiger partial charge in [-0.2, -0.15) is 4.98 Å².